The standard InChI is InChI=1S/C27H29N5O/c1-20-18-32(13-12-29-20)19-21-6-9-25(10-7-21)31(2)27(33)15-23-8-11-26(30-17-23)24-5-3-4-22(14-24)16-28/h3-11,14,17,20,29H,12-13,15,18-19H2,1-2H3/t20-/m0/s1. The van der Waals surface area contributed by atoms with Crippen LogP contribution < -0.4 is 10.2 Å². The highest BCUT2D eigenvalue weighted by Crippen LogP contribution is 2.20. The van der Waals surface area contributed by atoms with Gasteiger partial charge in [0.25, 0.3) is 0 Å². The summed E-state index contributed by atoms with van der Waals surface area (Å²) >= 11 is 0. The highest BCUT2D eigenvalue weighted by Gasteiger charge is 2.16. The van der Waals surface area contributed by atoms with Crippen molar-refractivity contribution in [3.8, 4) is 17.3 Å². The van der Waals surface area contributed by atoms with Crippen LogP contribution in [0.2, 0.25) is 0 Å². The predicted octanol–water partition coefficient (Wildman–Crippen LogP) is 3.62. The lowest BCUT2D eigenvalue weighted by atomic mass is 10.1. The number of carbonyl (C=O) groups excluding carboxylic acids is 1. The second-order valence-electron chi connectivity index (χ2n) is 8.63. The van der Waals surface area contributed by atoms with E-state index in [-0.39, 0.29) is 12.3 Å². The van der Waals surface area contributed by atoms with Gasteiger partial charge < -0.3 is 10.2 Å². The molecule has 1 aromatic heterocycles. The van der Waals surface area contributed by atoms with E-state index in [0.29, 0.717) is 11.6 Å². The Morgan fingerprint density at radius 3 is 2.67 bits per heavy atom. The largest absolute Gasteiger partial charge is 0.315 e. The summed E-state index contributed by atoms with van der Waals surface area (Å²) in [5, 5.41) is 12.5. The van der Waals surface area contributed by atoms with Crippen molar-refractivity contribution in [1.82, 2.24) is 15.2 Å². The molecule has 1 fully saturated rings. The number of amides is 1. The van der Waals surface area contributed by atoms with Crippen molar-refractivity contribution in [3.63, 3.8) is 0 Å². The second-order valence-corrected chi connectivity index (χ2v) is 8.63. The zero-order valence-corrected chi connectivity index (χ0v) is 19.2. The highest BCUT2D eigenvalue weighted by molar-refractivity contribution is 5.94. The van der Waals surface area contributed by atoms with E-state index in [1.807, 2.05) is 49.5 Å². The van der Waals surface area contributed by atoms with E-state index in [2.05, 4.69) is 40.3 Å². The molecule has 1 amide bonds. The maximum atomic E-state index is 12.8. The molecule has 1 saturated heterocycles. The third-order valence-corrected chi connectivity index (χ3v) is 6.02. The molecule has 0 saturated carbocycles. The minimum absolute atomic E-state index is 0.0136. The molecular weight excluding hydrogens is 410 g/mol. The quantitative estimate of drug-likeness (QED) is 0.635. The first kappa shape index (κ1) is 22.7. The van der Waals surface area contributed by atoms with E-state index < -0.39 is 0 Å². The van der Waals surface area contributed by atoms with Gasteiger partial charge in [-0.3, -0.25) is 14.7 Å². The number of nitrogens with zero attached hydrogens (tertiary/aromatic N) is 4. The van der Waals surface area contributed by atoms with E-state index in [1.54, 1.807) is 17.2 Å². The van der Waals surface area contributed by atoms with Gasteiger partial charge in [0.1, 0.15) is 0 Å². The monoisotopic (exact) mass is 439 g/mol. The predicted molar refractivity (Wildman–Crippen MR) is 131 cm³/mol. The van der Waals surface area contributed by atoms with Crippen LogP contribution in [-0.2, 0) is 17.8 Å². The van der Waals surface area contributed by atoms with Crippen molar-refractivity contribution in [2.24, 2.45) is 0 Å². The van der Waals surface area contributed by atoms with Gasteiger partial charge in [0.05, 0.1) is 23.7 Å². The molecule has 168 valence electrons. The summed E-state index contributed by atoms with van der Waals surface area (Å²) in [6.07, 6.45) is 2.01. The summed E-state index contributed by atoms with van der Waals surface area (Å²) in [7, 11) is 1.81. The molecule has 1 aliphatic heterocycles. The van der Waals surface area contributed by atoms with Crippen LogP contribution in [0.1, 0.15) is 23.6 Å². The van der Waals surface area contributed by atoms with Gasteiger partial charge >= 0.3 is 0 Å². The van der Waals surface area contributed by atoms with Gasteiger partial charge in [-0.1, -0.05) is 30.3 Å². The zero-order chi connectivity index (χ0) is 23.2. The molecule has 0 aliphatic carbocycles. The fourth-order valence-corrected chi connectivity index (χ4v) is 4.12. The van der Waals surface area contributed by atoms with Crippen molar-refractivity contribution >= 4 is 11.6 Å². The van der Waals surface area contributed by atoms with E-state index in [9.17, 15) is 4.79 Å². The summed E-state index contributed by atoms with van der Waals surface area (Å²) in [5.41, 5.74) is 5.27. The van der Waals surface area contributed by atoms with Crippen molar-refractivity contribution in [2.75, 3.05) is 31.6 Å². The third kappa shape index (κ3) is 5.83. The average molecular weight is 440 g/mol. The third-order valence-electron chi connectivity index (χ3n) is 6.02. The van der Waals surface area contributed by atoms with Crippen LogP contribution in [0.4, 0.5) is 5.69 Å². The number of piperazine rings is 1. The molecule has 0 bridgehead atoms. The highest BCUT2D eigenvalue weighted by atomic mass is 16.2. The molecule has 4 rings (SSSR count). The number of hydrogen-bond donors (Lipinski definition) is 1. The Kier molecular flexibility index (Phi) is 7.13. The van der Waals surface area contributed by atoms with Crippen molar-refractivity contribution < 1.29 is 4.79 Å². The van der Waals surface area contributed by atoms with Crippen LogP contribution in [0.3, 0.4) is 0 Å². The van der Waals surface area contributed by atoms with Gasteiger partial charge in [-0.15, -0.1) is 0 Å². The summed E-state index contributed by atoms with van der Waals surface area (Å²) in [5.74, 6) is 0.0136. The second kappa shape index (κ2) is 10.4. The lowest BCUT2D eigenvalue weighted by molar-refractivity contribution is -0.117. The Hall–Kier alpha value is -3.53. The van der Waals surface area contributed by atoms with Gasteiger partial charge in [0, 0.05) is 56.7 Å². The number of likely N-dealkylation sites (N-methyl/N-ethyl adjacent to an activating group) is 1. The van der Waals surface area contributed by atoms with E-state index >= 15 is 0 Å². The summed E-state index contributed by atoms with van der Waals surface area (Å²) in [4.78, 5) is 21.5. The van der Waals surface area contributed by atoms with Gasteiger partial charge in [-0.2, -0.15) is 5.26 Å². The molecule has 1 N–H and O–H groups in total. The van der Waals surface area contributed by atoms with Gasteiger partial charge in [0.15, 0.2) is 0 Å². The van der Waals surface area contributed by atoms with Crippen molar-refractivity contribution in [2.45, 2.75) is 25.9 Å². The van der Waals surface area contributed by atoms with Crippen LogP contribution in [0.5, 0.6) is 0 Å². The van der Waals surface area contributed by atoms with Gasteiger partial charge in [-0.05, 0) is 48.4 Å². The van der Waals surface area contributed by atoms with Gasteiger partial charge in [0.2, 0.25) is 5.91 Å². The number of anilines is 1. The number of benzene rings is 2. The minimum atomic E-state index is 0.0136. The van der Waals surface area contributed by atoms with E-state index in [1.165, 1.54) is 5.56 Å². The minimum Gasteiger partial charge on any atom is -0.315 e. The molecule has 2 aromatic carbocycles. The maximum absolute atomic E-state index is 12.8. The fraction of sp³-hybridized carbons (Fsp3) is 0.296. The lowest BCUT2D eigenvalue weighted by Crippen LogP contribution is -2.48. The first-order valence-corrected chi connectivity index (χ1v) is 11.3. The average Bonchev–Trinajstić information content (AvgIpc) is 2.84. The lowest BCUT2D eigenvalue weighted by Gasteiger charge is -2.31. The first-order chi connectivity index (χ1) is 16.0. The molecule has 2 heterocycles. The number of rotatable bonds is 6. The van der Waals surface area contributed by atoms with Crippen LogP contribution in [0.15, 0.2) is 66.9 Å². The summed E-state index contributed by atoms with van der Waals surface area (Å²) in [6.45, 7) is 6.28. The summed E-state index contributed by atoms with van der Waals surface area (Å²) < 4.78 is 0. The SMILES string of the molecule is C[C@H]1CN(Cc2ccc(N(C)C(=O)Cc3ccc(-c4cccc(C#N)c4)nc3)cc2)CCN1. The Bertz CT molecular complexity index is 1130. The first-order valence-electron chi connectivity index (χ1n) is 11.3. The molecule has 0 unspecified atom stereocenters. The molecule has 1 atom stereocenters. The van der Waals surface area contributed by atoms with Crippen LogP contribution in [-0.4, -0.2) is 48.5 Å². The molecule has 6 heteroatoms. The normalized spacial score (nSPS) is 16.2. The maximum Gasteiger partial charge on any atom is 0.231 e. The molecule has 33 heavy (non-hydrogen) atoms. The number of nitrogens with one attached hydrogen (secondary N) is 1. The van der Waals surface area contributed by atoms with Crippen LogP contribution >= 0.6 is 0 Å². The molecule has 0 radical (unpaired) electrons. The van der Waals surface area contributed by atoms with Gasteiger partial charge in [-0.25, -0.2) is 0 Å². The van der Waals surface area contributed by atoms with E-state index in [4.69, 9.17) is 5.26 Å². The number of nitriles is 1. The summed E-state index contributed by atoms with van der Waals surface area (Å²) in [6, 6.07) is 22.1. The Morgan fingerprint density at radius 2 is 1.97 bits per heavy atom. The van der Waals surface area contributed by atoms with Crippen molar-refractivity contribution in [1.29, 1.82) is 5.26 Å². The number of carbonyl (C=O) groups is 1. The smallest absolute Gasteiger partial charge is 0.231 e. The fourth-order valence-electron chi connectivity index (χ4n) is 4.12. The molecular formula is C27H29N5O. The van der Waals surface area contributed by atoms with Crippen molar-refractivity contribution in [3.05, 3.63) is 83.6 Å². The molecule has 0 spiro atoms. The Morgan fingerprint density at radius 1 is 1.18 bits per heavy atom. The molecule has 3 aromatic rings. The Balaban J connectivity index is 1.35. The molecule has 6 nitrogen and oxygen atoms in total. The number of aromatic nitrogens is 1. The Labute approximate surface area is 195 Å². The number of pyridine rings is 1. The topological polar surface area (TPSA) is 72.3 Å². The molecule has 1 aliphatic rings. The van der Waals surface area contributed by atoms with E-state index in [0.717, 1.165) is 48.7 Å². The zero-order valence-electron chi connectivity index (χ0n) is 19.2. The number of hydrogen-bond acceptors (Lipinski definition) is 5. The van der Waals surface area contributed by atoms with Crippen LogP contribution in [0, 0.1) is 11.3 Å². The van der Waals surface area contributed by atoms with Crippen LogP contribution in [0.25, 0.3) is 11.3 Å².